The van der Waals surface area contributed by atoms with Crippen LogP contribution in [0.1, 0.15) is 6.92 Å². The molecule has 4 rings (SSSR count). The van der Waals surface area contributed by atoms with Gasteiger partial charge in [-0.1, -0.05) is 35.2 Å². The highest BCUT2D eigenvalue weighted by molar-refractivity contribution is 8.00. The third-order valence-corrected chi connectivity index (χ3v) is 5.66. The van der Waals surface area contributed by atoms with Crippen molar-refractivity contribution in [3.05, 3.63) is 36.7 Å². The maximum Gasteiger partial charge on any atom is 0.409 e. The third kappa shape index (κ3) is 4.20. The molecule has 1 aliphatic rings. The van der Waals surface area contributed by atoms with Crippen LogP contribution in [0.2, 0.25) is 0 Å². The summed E-state index contributed by atoms with van der Waals surface area (Å²) in [6.07, 6.45) is 1.12. The Kier molecular flexibility index (Phi) is 6.07. The average molecular weight is 427 g/mol. The number of fused-ring (bicyclic) bond motifs is 1. The Morgan fingerprint density at radius 1 is 1.07 bits per heavy atom. The first-order chi connectivity index (χ1) is 14.7. The second kappa shape index (κ2) is 9.08. The topological polar surface area (TPSA) is 106 Å². The number of nitrogens with zero attached hydrogens (tertiary/aromatic N) is 7. The van der Waals surface area contributed by atoms with Crippen molar-refractivity contribution < 1.29 is 14.3 Å². The number of benzene rings is 1. The summed E-state index contributed by atoms with van der Waals surface area (Å²) in [5.74, 6) is 0.217. The first-order valence-electron chi connectivity index (χ1n) is 9.61. The number of rotatable bonds is 5. The van der Waals surface area contributed by atoms with Gasteiger partial charge >= 0.3 is 6.09 Å². The molecule has 2 amide bonds. The molecular formula is C19H21N7O3S. The summed E-state index contributed by atoms with van der Waals surface area (Å²) in [6, 6.07) is 9.60. The average Bonchev–Trinajstić information content (AvgIpc) is 3.23. The zero-order valence-electron chi connectivity index (χ0n) is 16.5. The smallest absolute Gasteiger partial charge is 0.409 e. The molecule has 0 unspecified atom stereocenters. The van der Waals surface area contributed by atoms with E-state index in [2.05, 4.69) is 20.3 Å². The Hall–Kier alpha value is -3.21. The lowest BCUT2D eigenvalue weighted by atomic mass is 10.3. The first kappa shape index (κ1) is 20.1. The van der Waals surface area contributed by atoms with Crippen molar-refractivity contribution >= 4 is 34.9 Å². The Bertz CT molecular complexity index is 1040. The van der Waals surface area contributed by atoms with Crippen molar-refractivity contribution in [2.75, 3.05) is 38.5 Å². The molecular weight excluding hydrogens is 406 g/mol. The van der Waals surface area contributed by atoms with Crippen molar-refractivity contribution in [3.8, 4) is 5.69 Å². The highest BCUT2D eigenvalue weighted by atomic mass is 32.2. The van der Waals surface area contributed by atoms with E-state index in [1.807, 2.05) is 30.3 Å². The van der Waals surface area contributed by atoms with Crippen LogP contribution >= 0.6 is 11.8 Å². The standard InChI is InChI=1S/C19H21N7O3S/c1-2-29-19(28)25-10-8-24(9-11-25)15(27)12-30-18-16-17(20-13-21-18)26(23-22-16)14-6-4-3-5-7-14/h3-7,13H,2,8-12H2,1H3. The van der Waals surface area contributed by atoms with Gasteiger partial charge in [0.25, 0.3) is 0 Å². The van der Waals surface area contributed by atoms with Crippen LogP contribution in [-0.4, -0.2) is 85.3 Å². The number of piperazine rings is 1. The largest absolute Gasteiger partial charge is 0.450 e. The minimum Gasteiger partial charge on any atom is -0.450 e. The predicted molar refractivity (Wildman–Crippen MR) is 110 cm³/mol. The molecule has 0 bridgehead atoms. The summed E-state index contributed by atoms with van der Waals surface area (Å²) in [5.41, 5.74) is 2.01. The molecule has 156 valence electrons. The van der Waals surface area contributed by atoms with Gasteiger partial charge in [-0.15, -0.1) is 5.10 Å². The normalized spacial score (nSPS) is 14.2. The first-order valence-corrected chi connectivity index (χ1v) is 10.6. The van der Waals surface area contributed by atoms with E-state index in [1.54, 1.807) is 21.4 Å². The molecule has 1 aromatic carbocycles. The van der Waals surface area contributed by atoms with Crippen molar-refractivity contribution in [1.82, 2.24) is 34.8 Å². The lowest BCUT2D eigenvalue weighted by Gasteiger charge is -2.34. The molecule has 3 heterocycles. The van der Waals surface area contributed by atoms with E-state index < -0.39 is 0 Å². The van der Waals surface area contributed by atoms with Gasteiger partial charge in [0.05, 0.1) is 18.0 Å². The van der Waals surface area contributed by atoms with Gasteiger partial charge in [0.2, 0.25) is 5.91 Å². The van der Waals surface area contributed by atoms with E-state index >= 15 is 0 Å². The van der Waals surface area contributed by atoms with Crippen molar-refractivity contribution in [2.24, 2.45) is 0 Å². The fraction of sp³-hybridized carbons (Fsp3) is 0.368. The van der Waals surface area contributed by atoms with Gasteiger partial charge in [-0.25, -0.2) is 14.8 Å². The van der Waals surface area contributed by atoms with Crippen LogP contribution in [0, 0.1) is 0 Å². The maximum absolute atomic E-state index is 12.6. The summed E-state index contributed by atoms with van der Waals surface area (Å²) < 4.78 is 6.66. The molecule has 30 heavy (non-hydrogen) atoms. The second-order valence-electron chi connectivity index (χ2n) is 6.54. The van der Waals surface area contributed by atoms with Crippen LogP contribution in [-0.2, 0) is 9.53 Å². The Morgan fingerprint density at radius 3 is 2.53 bits per heavy atom. The number of thioether (sulfide) groups is 1. The van der Waals surface area contributed by atoms with Crippen molar-refractivity contribution in [3.63, 3.8) is 0 Å². The number of aromatic nitrogens is 5. The van der Waals surface area contributed by atoms with Crippen LogP contribution < -0.4 is 0 Å². The summed E-state index contributed by atoms with van der Waals surface area (Å²) >= 11 is 1.31. The summed E-state index contributed by atoms with van der Waals surface area (Å²) in [7, 11) is 0. The molecule has 1 fully saturated rings. The molecule has 1 saturated heterocycles. The number of hydrogen-bond donors (Lipinski definition) is 0. The Balaban J connectivity index is 1.39. The number of para-hydroxylation sites is 1. The van der Waals surface area contributed by atoms with Crippen LogP contribution in [0.4, 0.5) is 4.79 Å². The number of amides is 2. The number of carbonyl (C=O) groups is 2. The van der Waals surface area contributed by atoms with Gasteiger partial charge in [-0.05, 0) is 19.1 Å². The molecule has 0 N–H and O–H groups in total. The van der Waals surface area contributed by atoms with E-state index in [4.69, 9.17) is 4.74 Å². The van der Waals surface area contributed by atoms with Gasteiger partial charge in [-0.3, -0.25) is 4.79 Å². The molecule has 11 heteroatoms. The maximum atomic E-state index is 12.6. The van der Waals surface area contributed by atoms with Gasteiger partial charge in [-0.2, -0.15) is 4.68 Å². The minimum absolute atomic E-state index is 0.00859. The van der Waals surface area contributed by atoms with Crippen LogP contribution in [0.25, 0.3) is 16.9 Å². The second-order valence-corrected chi connectivity index (χ2v) is 7.51. The summed E-state index contributed by atoms with van der Waals surface area (Å²) in [6.45, 7) is 4.04. The quantitative estimate of drug-likeness (QED) is 0.447. The lowest BCUT2D eigenvalue weighted by Crippen LogP contribution is -2.51. The SMILES string of the molecule is CCOC(=O)N1CCN(C(=O)CSc2ncnc3c2nnn3-c2ccccc2)CC1. The minimum atomic E-state index is -0.330. The van der Waals surface area contributed by atoms with E-state index in [0.717, 1.165) is 5.69 Å². The molecule has 0 spiro atoms. The summed E-state index contributed by atoms with van der Waals surface area (Å²) in [5, 5.41) is 9.02. The van der Waals surface area contributed by atoms with E-state index in [-0.39, 0.29) is 17.8 Å². The van der Waals surface area contributed by atoms with Crippen LogP contribution in [0.5, 0.6) is 0 Å². The summed E-state index contributed by atoms with van der Waals surface area (Å²) in [4.78, 5) is 36.4. The number of hydrogen-bond acceptors (Lipinski definition) is 8. The Labute approximate surface area is 177 Å². The van der Waals surface area contributed by atoms with Crippen molar-refractivity contribution in [2.45, 2.75) is 11.9 Å². The molecule has 1 aliphatic heterocycles. The Morgan fingerprint density at radius 2 is 1.80 bits per heavy atom. The fourth-order valence-electron chi connectivity index (χ4n) is 3.15. The highest BCUT2D eigenvalue weighted by Crippen LogP contribution is 2.24. The van der Waals surface area contributed by atoms with Crippen LogP contribution in [0.3, 0.4) is 0 Å². The highest BCUT2D eigenvalue weighted by Gasteiger charge is 2.25. The zero-order chi connectivity index (χ0) is 20.9. The van der Waals surface area contributed by atoms with Crippen molar-refractivity contribution in [1.29, 1.82) is 0 Å². The molecule has 0 atom stereocenters. The third-order valence-electron chi connectivity index (χ3n) is 4.70. The van der Waals surface area contributed by atoms with Gasteiger partial charge in [0.15, 0.2) is 11.2 Å². The van der Waals surface area contributed by atoms with Gasteiger partial charge in [0, 0.05) is 26.2 Å². The molecule has 0 saturated carbocycles. The van der Waals surface area contributed by atoms with E-state index in [0.29, 0.717) is 49.0 Å². The monoisotopic (exact) mass is 427 g/mol. The zero-order valence-corrected chi connectivity index (χ0v) is 17.3. The number of ether oxygens (including phenoxy) is 1. The van der Waals surface area contributed by atoms with E-state index in [1.165, 1.54) is 18.1 Å². The van der Waals surface area contributed by atoms with Crippen LogP contribution in [0.15, 0.2) is 41.7 Å². The number of carbonyl (C=O) groups excluding carboxylic acids is 2. The fourth-order valence-corrected chi connectivity index (χ4v) is 3.98. The van der Waals surface area contributed by atoms with Gasteiger partial charge in [0.1, 0.15) is 11.4 Å². The molecule has 0 radical (unpaired) electrons. The predicted octanol–water partition coefficient (Wildman–Crippen LogP) is 1.60. The molecule has 0 aliphatic carbocycles. The molecule has 10 nitrogen and oxygen atoms in total. The molecule has 2 aromatic heterocycles. The van der Waals surface area contributed by atoms with E-state index in [9.17, 15) is 9.59 Å². The van der Waals surface area contributed by atoms with Gasteiger partial charge < -0.3 is 14.5 Å². The lowest BCUT2D eigenvalue weighted by molar-refractivity contribution is -0.129. The molecule has 3 aromatic rings.